The Morgan fingerprint density at radius 3 is 2.60 bits per heavy atom. The number of carbonyl (C=O) groups is 3. The van der Waals surface area contributed by atoms with Crippen LogP contribution in [0.1, 0.15) is 39.5 Å². The predicted molar refractivity (Wildman–Crippen MR) is 71.9 cm³/mol. The second-order valence-electron chi connectivity index (χ2n) is 6.31. The van der Waals surface area contributed by atoms with Gasteiger partial charge in [0.15, 0.2) is 0 Å². The van der Waals surface area contributed by atoms with E-state index in [0.717, 1.165) is 12.8 Å². The predicted octanol–water partition coefficient (Wildman–Crippen LogP) is 0.614. The van der Waals surface area contributed by atoms with Crippen LogP contribution in [0.5, 0.6) is 0 Å². The van der Waals surface area contributed by atoms with Crippen molar-refractivity contribution in [1.29, 1.82) is 0 Å². The second-order valence-corrected chi connectivity index (χ2v) is 6.31. The van der Waals surface area contributed by atoms with E-state index in [2.05, 4.69) is 5.32 Å². The fourth-order valence-electron chi connectivity index (χ4n) is 2.96. The fraction of sp³-hybridized carbons (Fsp3) is 0.786. The number of aliphatic carboxylic acids is 1. The molecule has 20 heavy (non-hydrogen) atoms. The molecule has 0 aromatic carbocycles. The van der Waals surface area contributed by atoms with Crippen molar-refractivity contribution >= 4 is 17.8 Å². The van der Waals surface area contributed by atoms with Crippen LogP contribution < -0.4 is 5.32 Å². The molecule has 112 valence electrons. The quantitative estimate of drug-likeness (QED) is 0.794. The summed E-state index contributed by atoms with van der Waals surface area (Å²) in [6, 6.07) is -0.422. The van der Waals surface area contributed by atoms with Crippen LogP contribution in [0.4, 0.5) is 0 Å². The largest absolute Gasteiger partial charge is 0.481 e. The highest BCUT2D eigenvalue weighted by Gasteiger charge is 2.41. The molecule has 2 unspecified atom stereocenters. The first-order valence-electron chi connectivity index (χ1n) is 7.14. The highest BCUT2D eigenvalue weighted by atomic mass is 16.4. The van der Waals surface area contributed by atoms with Crippen molar-refractivity contribution in [3.63, 3.8) is 0 Å². The van der Waals surface area contributed by atoms with Gasteiger partial charge in [0.25, 0.3) is 0 Å². The summed E-state index contributed by atoms with van der Waals surface area (Å²) in [7, 11) is 0. The number of rotatable bonds is 3. The number of piperidine rings is 1. The molecule has 2 aliphatic rings. The van der Waals surface area contributed by atoms with Crippen molar-refractivity contribution in [3.05, 3.63) is 0 Å². The fourth-order valence-corrected chi connectivity index (χ4v) is 2.96. The number of nitrogens with one attached hydrogen (secondary N) is 1. The van der Waals surface area contributed by atoms with E-state index in [-0.39, 0.29) is 17.7 Å². The van der Waals surface area contributed by atoms with Crippen molar-refractivity contribution in [3.8, 4) is 0 Å². The van der Waals surface area contributed by atoms with Crippen molar-refractivity contribution in [2.75, 3.05) is 13.1 Å². The number of hydrogen-bond donors (Lipinski definition) is 2. The summed E-state index contributed by atoms with van der Waals surface area (Å²) in [5.74, 6) is -1.02. The Bertz CT molecular complexity index is 433. The Morgan fingerprint density at radius 1 is 1.35 bits per heavy atom. The van der Waals surface area contributed by atoms with E-state index in [4.69, 9.17) is 0 Å². The summed E-state index contributed by atoms with van der Waals surface area (Å²) in [6.07, 6.45) is 2.57. The molecule has 2 N–H and O–H groups in total. The average molecular weight is 282 g/mol. The molecule has 0 aromatic heterocycles. The molecule has 2 saturated heterocycles. The van der Waals surface area contributed by atoms with E-state index in [1.165, 1.54) is 0 Å². The van der Waals surface area contributed by atoms with Crippen LogP contribution in [0.25, 0.3) is 0 Å². The van der Waals surface area contributed by atoms with Crippen LogP contribution in [0, 0.1) is 11.3 Å². The van der Waals surface area contributed by atoms with E-state index in [1.54, 1.807) is 18.7 Å². The zero-order valence-electron chi connectivity index (χ0n) is 12.0. The van der Waals surface area contributed by atoms with Gasteiger partial charge >= 0.3 is 5.97 Å². The smallest absolute Gasteiger partial charge is 0.309 e. The third-order valence-electron chi connectivity index (χ3n) is 4.60. The van der Waals surface area contributed by atoms with Crippen molar-refractivity contribution < 1.29 is 19.5 Å². The molecule has 0 spiro atoms. The van der Waals surface area contributed by atoms with Gasteiger partial charge in [-0.2, -0.15) is 0 Å². The average Bonchev–Trinajstić information content (AvgIpc) is 2.84. The lowest BCUT2D eigenvalue weighted by atomic mass is 9.74. The van der Waals surface area contributed by atoms with Gasteiger partial charge in [-0.1, -0.05) is 0 Å². The van der Waals surface area contributed by atoms with Crippen LogP contribution in [-0.4, -0.2) is 46.9 Å². The number of likely N-dealkylation sites (tertiary alicyclic amines) is 1. The molecular formula is C14H22N2O4. The molecule has 2 amide bonds. The van der Waals surface area contributed by atoms with Gasteiger partial charge in [-0.25, -0.2) is 0 Å². The van der Waals surface area contributed by atoms with Crippen molar-refractivity contribution in [2.45, 2.75) is 45.6 Å². The van der Waals surface area contributed by atoms with Gasteiger partial charge in [0.1, 0.15) is 6.04 Å². The monoisotopic (exact) mass is 282 g/mol. The third-order valence-corrected chi connectivity index (χ3v) is 4.60. The van der Waals surface area contributed by atoms with Crippen molar-refractivity contribution in [1.82, 2.24) is 10.2 Å². The number of nitrogens with zero attached hydrogens (tertiary/aromatic N) is 1. The molecule has 0 saturated carbocycles. The summed E-state index contributed by atoms with van der Waals surface area (Å²) < 4.78 is 0. The maximum absolute atomic E-state index is 12.4. The molecule has 0 aromatic rings. The maximum Gasteiger partial charge on any atom is 0.309 e. The van der Waals surface area contributed by atoms with E-state index in [1.807, 2.05) is 0 Å². The number of amides is 2. The minimum Gasteiger partial charge on any atom is -0.481 e. The molecule has 2 aliphatic heterocycles. The molecule has 2 heterocycles. The summed E-state index contributed by atoms with van der Waals surface area (Å²) in [5.41, 5.74) is -0.835. The Morgan fingerprint density at radius 2 is 2.05 bits per heavy atom. The maximum atomic E-state index is 12.4. The van der Waals surface area contributed by atoms with E-state index in [9.17, 15) is 19.5 Å². The SMILES string of the molecule is CC(C)(C(=O)O)C1CCCN(C(=O)C2CCC(=O)N2)C1. The highest BCUT2D eigenvalue weighted by molar-refractivity contribution is 5.90. The summed E-state index contributed by atoms with van der Waals surface area (Å²) >= 11 is 0. The van der Waals surface area contributed by atoms with Gasteiger partial charge in [-0.15, -0.1) is 0 Å². The Labute approximate surface area is 118 Å². The van der Waals surface area contributed by atoms with Gasteiger partial charge in [-0.3, -0.25) is 14.4 Å². The first kappa shape index (κ1) is 14.8. The topological polar surface area (TPSA) is 86.7 Å². The molecule has 2 fully saturated rings. The number of carboxylic acids is 1. The van der Waals surface area contributed by atoms with Crippen LogP contribution in [0.3, 0.4) is 0 Å². The first-order chi connectivity index (χ1) is 9.32. The molecular weight excluding hydrogens is 260 g/mol. The zero-order chi connectivity index (χ0) is 14.9. The molecule has 6 heteroatoms. The van der Waals surface area contributed by atoms with Gasteiger partial charge in [0, 0.05) is 19.5 Å². The molecule has 0 bridgehead atoms. The summed E-state index contributed by atoms with van der Waals surface area (Å²) in [5, 5.41) is 12.0. The second kappa shape index (κ2) is 5.42. The molecule has 2 rings (SSSR count). The van der Waals surface area contributed by atoms with Gasteiger partial charge in [0.2, 0.25) is 11.8 Å². The number of carbonyl (C=O) groups excluding carboxylic acids is 2. The Kier molecular flexibility index (Phi) is 4.01. The van der Waals surface area contributed by atoms with E-state index >= 15 is 0 Å². The highest BCUT2D eigenvalue weighted by Crippen LogP contribution is 2.34. The van der Waals surface area contributed by atoms with Gasteiger partial charge < -0.3 is 15.3 Å². The van der Waals surface area contributed by atoms with E-state index < -0.39 is 17.4 Å². The number of hydrogen-bond acceptors (Lipinski definition) is 3. The third kappa shape index (κ3) is 2.78. The molecule has 2 atom stereocenters. The minimum absolute atomic E-state index is 0.0465. The lowest BCUT2D eigenvalue weighted by Crippen LogP contribution is -2.51. The van der Waals surface area contributed by atoms with Crippen LogP contribution in [-0.2, 0) is 14.4 Å². The minimum atomic E-state index is -0.835. The lowest BCUT2D eigenvalue weighted by Gasteiger charge is -2.40. The molecule has 6 nitrogen and oxygen atoms in total. The summed E-state index contributed by atoms with van der Waals surface area (Å²) in [4.78, 5) is 36.6. The standard InChI is InChI=1S/C14H22N2O4/c1-14(2,13(19)20)9-4-3-7-16(8-9)12(18)10-5-6-11(17)15-10/h9-10H,3-8H2,1-2H3,(H,15,17)(H,19,20). The van der Waals surface area contributed by atoms with E-state index in [0.29, 0.717) is 25.9 Å². The summed E-state index contributed by atoms with van der Waals surface area (Å²) in [6.45, 7) is 4.54. The first-order valence-corrected chi connectivity index (χ1v) is 7.14. The van der Waals surface area contributed by atoms with Crippen molar-refractivity contribution in [2.24, 2.45) is 11.3 Å². The molecule has 0 radical (unpaired) electrons. The van der Waals surface area contributed by atoms with Crippen LogP contribution >= 0.6 is 0 Å². The Hall–Kier alpha value is -1.59. The molecule has 0 aliphatic carbocycles. The van der Waals surface area contributed by atoms with Gasteiger partial charge in [-0.05, 0) is 39.0 Å². The van der Waals surface area contributed by atoms with Crippen LogP contribution in [0.2, 0.25) is 0 Å². The Balaban J connectivity index is 2.02. The van der Waals surface area contributed by atoms with Crippen LogP contribution in [0.15, 0.2) is 0 Å². The zero-order valence-corrected chi connectivity index (χ0v) is 12.0. The number of carboxylic acid groups (broad SMARTS) is 1. The normalized spacial score (nSPS) is 27.3. The van der Waals surface area contributed by atoms with Gasteiger partial charge in [0.05, 0.1) is 5.41 Å². The lowest BCUT2D eigenvalue weighted by molar-refractivity contribution is -0.153.